The summed E-state index contributed by atoms with van der Waals surface area (Å²) in [5.74, 6) is -0.828. The number of carbonyl (C=O) groups is 2. The van der Waals surface area contributed by atoms with Crippen LogP contribution in [0.15, 0.2) is 42.5 Å². The van der Waals surface area contributed by atoms with Crippen molar-refractivity contribution in [1.29, 1.82) is 0 Å². The first-order valence-corrected chi connectivity index (χ1v) is 14.7. The number of nitrogens with one attached hydrogen (secondary N) is 1. The second-order valence-electron chi connectivity index (χ2n) is 9.30. The van der Waals surface area contributed by atoms with Crippen molar-refractivity contribution in [2.75, 3.05) is 17.1 Å². The third-order valence-corrected chi connectivity index (χ3v) is 8.41. The number of hydrogen-bond acceptors (Lipinski definition) is 4. The van der Waals surface area contributed by atoms with Crippen molar-refractivity contribution in [3.8, 4) is 0 Å². The third kappa shape index (κ3) is 7.14. The van der Waals surface area contributed by atoms with E-state index in [4.69, 9.17) is 23.2 Å². The molecule has 36 heavy (non-hydrogen) atoms. The van der Waals surface area contributed by atoms with Crippen LogP contribution in [0.4, 0.5) is 5.69 Å². The van der Waals surface area contributed by atoms with E-state index in [9.17, 15) is 18.0 Å². The van der Waals surface area contributed by atoms with Gasteiger partial charge >= 0.3 is 0 Å². The Hall–Kier alpha value is -2.29. The Balaban J connectivity index is 1.92. The summed E-state index contributed by atoms with van der Waals surface area (Å²) >= 11 is 12.8. The highest BCUT2D eigenvalue weighted by Gasteiger charge is 2.32. The highest BCUT2D eigenvalue weighted by atomic mass is 35.5. The van der Waals surface area contributed by atoms with Crippen LogP contribution in [0.5, 0.6) is 0 Å². The molecule has 1 aliphatic carbocycles. The fourth-order valence-corrected chi connectivity index (χ4v) is 5.87. The molecule has 2 aromatic carbocycles. The largest absolute Gasteiger partial charge is 0.352 e. The number of sulfonamides is 1. The molecular weight excluding hydrogens is 521 g/mol. The molecule has 1 fully saturated rings. The minimum absolute atomic E-state index is 0.0397. The van der Waals surface area contributed by atoms with Crippen molar-refractivity contribution < 1.29 is 18.0 Å². The highest BCUT2D eigenvalue weighted by Crippen LogP contribution is 2.28. The number of rotatable bonds is 9. The number of nitrogens with zero attached hydrogens (tertiary/aromatic N) is 2. The molecule has 0 aliphatic heterocycles. The average Bonchev–Trinajstić information content (AvgIpc) is 2.82. The molecule has 2 aromatic rings. The summed E-state index contributed by atoms with van der Waals surface area (Å²) in [6, 6.07) is 11.2. The summed E-state index contributed by atoms with van der Waals surface area (Å²) < 4.78 is 26.5. The molecule has 0 bridgehead atoms. The van der Waals surface area contributed by atoms with Crippen molar-refractivity contribution in [1.82, 2.24) is 10.2 Å². The van der Waals surface area contributed by atoms with E-state index < -0.39 is 28.5 Å². The van der Waals surface area contributed by atoms with Gasteiger partial charge in [0, 0.05) is 28.2 Å². The quantitative estimate of drug-likeness (QED) is 0.476. The molecule has 0 heterocycles. The Labute approximate surface area is 223 Å². The summed E-state index contributed by atoms with van der Waals surface area (Å²) in [5.41, 5.74) is 1.61. The molecule has 0 aromatic heterocycles. The smallest absolute Gasteiger partial charge is 0.244 e. The number of anilines is 1. The van der Waals surface area contributed by atoms with Crippen LogP contribution >= 0.6 is 23.2 Å². The zero-order chi connectivity index (χ0) is 26.5. The van der Waals surface area contributed by atoms with Gasteiger partial charge in [0.25, 0.3) is 0 Å². The summed E-state index contributed by atoms with van der Waals surface area (Å²) in [6.45, 7) is 2.91. The van der Waals surface area contributed by atoms with Gasteiger partial charge in [-0.25, -0.2) is 8.42 Å². The second kappa shape index (κ2) is 12.3. The summed E-state index contributed by atoms with van der Waals surface area (Å²) in [4.78, 5) is 28.3. The van der Waals surface area contributed by atoms with Crippen LogP contribution in [-0.2, 0) is 26.2 Å². The predicted molar refractivity (Wildman–Crippen MR) is 145 cm³/mol. The molecule has 1 atom stereocenters. The number of hydrogen-bond donors (Lipinski definition) is 1. The topological polar surface area (TPSA) is 86.8 Å². The monoisotopic (exact) mass is 553 g/mol. The molecule has 2 amide bonds. The van der Waals surface area contributed by atoms with Crippen LogP contribution in [0.1, 0.15) is 50.2 Å². The number of para-hydroxylation sites is 1. The molecule has 1 aliphatic rings. The zero-order valence-corrected chi connectivity index (χ0v) is 23.2. The SMILES string of the molecule is Cc1ccccc1N(CC(=O)N(Cc1c(Cl)cccc1Cl)C(C)C(=O)NC1CCCCC1)S(C)(=O)=O. The van der Waals surface area contributed by atoms with Gasteiger partial charge in [-0.2, -0.15) is 0 Å². The molecule has 1 saturated carbocycles. The molecule has 1 N–H and O–H groups in total. The predicted octanol–water partition coefficient (Wildman–Crippen LogP) is 4.93. The second-order valence-corrected chi connectivity index (χ2v) is 12.0. The fourth-order valence-electron chi connectivity index (χ4n) is 4.44. The van der Waals surface area contributed by atoms with Crippen LogP contribution in [-0.4, -0.2) is 50.0 Å². The Kier molecular flexibility index (Phi) is 9.66. The summed E-state index contributed by atoms with van der Waals surface area (Å²) in [5, 5.41) is 3.78. The molecular formula is C26H33Cl2N3O4S. The Morgan fingerprint density at radius 1 is 1.03 bits per heavy atom. The van der Waals surface area contributed by atoms with E-state index in [2.05, 4.69) is 5.32 Å². The number of amides is 2. The van der Waals surface area contributed by atoms with Gasteiger partial charge in [0.1, 0.15) is 12.6 Å². The van der Waals surface area contributed by atoms with Crippen molar-refractivity contribution in [2.24, 2.45) is 0 Å². The molecule has 0 saturated heterocycles. The van der Waals surface area contributed by atoms with Crippen molar-refractivity contribution >= 4 is 50.7 Å². The molecule has 1 unspecified atom stereocenters. The Morgan fingerprint density at radius 3 is 2.22 bits per heavy atom. The molecule has 0 spiro atoms. The number of carbonyl (C=O) groups excluding carboxylic acids is 2. The van der Waals surface area contributed by atoms with Gasteiger partial charge in [-0.05, 0) is 50.5 Å². The summed E-state index contributed by atoms with van der Waals surface area (Å²) in [7, 11) is -3.79. The maximum atomic E-state index is 13.7. The van der Waals surface area contributed by atoms with Gasteiger partial charge < -0.3 is 10.2 Å². The molecule has 196 valence electrons. The van der Waals surface area contributed by atoms with Gasteiger partial charge in [-0.1, -0.05) is 66.7 Å². The third-order valence-electron chi connectivity index (χ3n) is 6.57. The minimum atomic E-state index is -3.79. The lowest BCUT2D eigenvalue weighted by Gasteiger charge is -2.33. The maximum Gasteiger partial charge on any atom is 0.244 e. The first kappa shape index (κ1) is 28.3. The van der Waals surface area contributed by atoms with E-state index in [0.29, 0.717) is 26.9 Å². The number of halogens is 2. The molecule has 10 heteroatoms. The van der Waals surface area contributed by atoms with Gasteiger partial charge in [0.15, 0.2) is 0 Å². The van der Waals surface area contributed by atoms with Crippen LogP contribution < -0.4 is 9.62 Å². The van der Waals surface area contributed by atoms with E-state index >= 15 is 0 Å². The lowest BCUT2D eigenvalue weighted by atomic mass is 9.95. The fraction of sp³-hybridized carbons (Fsp3) is 0.462. The Bertz CT molecular complexity index is 1180. The summed E-state index contributed by atoms with van der Waals surface area (Å²) in [6.07, 6.45) is 6.11. The van der Waals surface area contributed by atoms with E-state index in [1.54, 1.807) is 56.3 Å². The Morgan fingerprint density at radius 2 is 1.64 bits per heavy atom. The standard InChI is InChI=1S/C26H33Cl2N3O4S/c1-18-10-7-8-15-24(18)31(36(3,34)35)17-25(32)30(16-21-22(27)13-9-14-23(21)28)19(2)26(33)29-20-11-5-4-6-12-20/h7-10,13-15,19-20H,4-6,11-12,16-17H2,1-3H3,(H,29,33). The maximum absolute atomic E-state index is 13.7. The molecule has 0 radical (unpaired) electrons. The van der Waals surface area contributed by atoms with Crippen molar-refractivity contribution in [3.05, 3.63) is 63.6 Å². The normalized spacial score (nSPS) is 15.2. The number of aryl methyl sites for hydroxylation is 1. The van der Waals surface area contributed by atoms with Crippen LogP contribution in [0, 0.1) is 6.92 Å². The zero-order valence-electron chi connectivity index (χ0n) is 20.8. The van der Waals surface area contributed by atoms with E-state index in [1.807, 2.05) is 0 Å². The van der Waals surface area contributed by atoms with E-state index in [-0.39, 0.29) is 18.5 Å². The first-order valence-electron chi connectivity index (χ1n) is 12.0. The lowest BCUT2D eigenvalue weighted by molar-refractivity contribution is -0.139. The number of benzene rings is 2. The van der Waals surface area contributed by atoms with Gasteiger partial charge in [0.05, 0.1) is 11.9 Å². The molecule has 3 rings (SSSR count). The van der Waals surface area contributed by atoms with Gasteiger partial charge in [0.2, 0.25) is 21.8 Å². The average molecular weight is 555 g/mol. The minimum Gasteiger partial charge on any atom is -0.352 e. The first-order chi connectivity index (χ1) is 17.0. The van der Waals surface area contributed by atoms with Gasteiger partial charge in [-0.3, -0.25) is 13.9 Å². The van der Waals surface area contributed by atoms with Gasteiger partial charge in [-0.15, -0.1) is 0 Å². The highest BCUT2D eigenvalue weighted by molar-refractivity contribution is 7.92. The van der Waals surface area contributed by atoms with Crippen molar-refractivity contribution in [3.63, 3.8) is 0 Å². The van der Waals surface area contributed by atoms with Crippen LogP contribution in [0.3, 0.4) is 0 Å². The molecule has 7 nitrogen and oxygen atoms in total. The lowest BCUT2D eigenvalue weighted by Crippen LogP contribution is -2.53. The van der Waals surface area contributed by atoms with E-state index in [0.717, 1.165) is 42.7 Å². The van der Waals surface area contributed by atoms with Crippen LogP contribution in [0.25, 0.3) is 0 Å². The van der Waals surface area contributed by atoms with Crippen LogP contribution in [0.2, 0.25) is 10.0 Å². The van der Waals surface area contributed by atoms with Crippen molar-refractivity contribution in [2.45, 2.75) is 64.6 Å². The van der Waals surface area contributed by atoms with E-state index in [1.165, 1.54) is 4.90 Å².